The van der Waals surface area contributed by atoms with Crippen LogP contribution in [0.4, 0.5) is 23.7 Å². The summed E-state index contributed by atoms with van der Waals surface area (Å²) in [4.78, 5) is 12.7. The summed E-state index contributed by atoms with van der Waals surface area (Å²) in [5.74, 6) is 0.447. The molecule has 1 aliphatic rings. The molecule has 2 rings (SSSR count). The van der Waals surface area contributed by atoms with Crippen LogP contribution in [-0.2, 0) is 6.42 Å². The molecule has 0 aromatic carbocycles. The lowest BCUT2D eigenvalue weighted by molar-refractivity contribution is -0.293. The summed E-state index contributed by atoms with van der Waals surface area (Å²) in [6.07, 6.45) is -4.26. The van der Waals surface area contributed by atoms with Crippen LogP contribution in [0.3, 0.4) is 0 Å². The van der Waals surface area contributed by atoms with Crippen LogP contribution < -0.4 is 5.32 Å². The Morgan fingerprint density at radius 3 is 2.65 bits per heavy atom. The molecule has 1 aromatic heterocycles. The first-order valence-electron chi connectivity index (χ1n) is 5.98. The third kappa shape index (κ3) is 2.33. The maximum Gasteiger partial charge on any atom is 0.420 e. The molecule has 6 nitrogen and oxygen atoms in total. The largest absolute Gasteiger partial charge is 0.420 e. The topological polar surface area (TPSA) is 78.6 Å². The van der Waals surface area contributed by atoms with Crippen molar-refractivity contribution in [1.29, 1.82) is 0 Å². The lowest BCUT2D eigenvalue weighted by atomic mass is 9.94. The molecule has 2 amide bonds. The van der Waals surface area contributed by atoms with Gasteiger partial charge in [0, 0.05) is 6.42 Å². The Balaban J connectivity index is 2.00. The van der Waals surface area contributed by atoms with E-state index < -0.39 is 30.9 Å². The SMILES string of the molecule is CCc1onc(C)c1NC(=O)N1CC(O)(C(F)(F)F)C1. The number of aryl methyl sites for hydroxylation is 2. The first-order valence-corrected chi connectivity index (χ1v) is 5.98. The number of aromatic nitrogens is 1. The van der Waals surface area contributed by atoms with Crippen LogP contribution >= 0.6 is 0 Å². The van der Waals surface area contributed by atoms with Gasteiger partial charge in [0.25, 0.3) is 0 Å². The molecular weight excluding hydrogens is 279 g/mol. The van der Waals surface area contributed by atoms with Gasteiger partial charge in [-0.25, -0.2) is 4.79 Å². The number of aliphatic hydroxyl groups is 1. The second kappa shape index (κ2) is 4.65. The zero-order valence-electron chi connectivity index (χ0n) is 10.9. The Labute approximate surface area is 112 Å². The summed E-state index contributed by atoms with van der Waals surface area (Å²) in [7, 11) is 0. The van der Waals surface area contributed by atoms with Gasteiger partial charge >= 0.3 is 12.2 Å². The summed E-state index contributed by atoms with van der Waals surface area (Å²) >= 11 is 0. The van der Waals surface area contributed by atoms with Gasteiger partial charge in [-0.2, -0.15) is 13.2 Å². The van der Waals surface area contributed by atoms with Gasteiger partial charge in [0.15, 0.2) is 11.4 Å². The van der Waals surface area contributed by atoms with Crippen molar-refractivity contribution < 1.29 is 27.6 Å². The van der Waals surface area contributed by atoms with Crippen LogP contribution in [0.1, 0.15) is 18.4 Å². The fourth-order valence-electron chi connectivity index (χ4n) is 1.91. The van der Waals surface area contributed by atoms with Gasteiger partial charge in [-0.3, -0.25) is 0 Å². The lowest BCUT2D eigenvalue weighted by Gasteiger charge is -2.46. The van der Waals surface area contributed by atoms with Crippen molar-refractivity contribution in [2.45, 2.75) is 32.0 Å². The highest BCUT2D eigenvalue weighted by atomic mass is 19.4. The highest BCUT2D eigenvalue weighted by molar-refractivity contribution is 5.91. The van der Waals surface area contributed by atoms with Crippen molar-refractivity contribution in [3.8, 4) is 0 Å². The number of nitrogens with zero attached hydrogens (tertiary/aromatic N) is 2. The predicted octanol–water partition coefficient (Wildman–Crippen LogP) is 1.69. The number of nitrogens with one attached hydrogen (secondary N) is 1. The Morgan fingerprint density at radius 1 is 1.55 bits per heavy atom. The Morgan fingerprint density at radius 2 is 2.15 bits per heavy atom. The summed E-state index contributed by atoms with van der Waals surface area (Å²) in [5, 5.41) is 15.4. The van der Waals surface area contributed by atoms with Gasteiger partial charge in [0.05, 0.1) is 13.1 Å². The molecule has 1 saturated heterocycles. The number of β-amino-alcohol motifs (C(OH)–C–C–N with tert-alkyl or cyclic N) is 1. The fourth-order valence-corrected chi connectivity index (χ4v) is 1.91. The lowest BCUT2D eigenvalue weighted by Crippen LogP contribution is -2.70. The van der Waals surface area contributed by atoms with E-state index in [0.29, 0.717) is 23.6 Å². The number of urea groups is 1. The van der Waals surface area contributed by atoms with Gasteiger partial charge < -0.3 is 19.8 Å². The maximum absolute atomic E-state index is 12.4. The normalized spacial score (nSPS) is 17.8. The molecule has 0 aliphatic carbocycles. The van der Waals surface area contributed by atoms with Gasteiger partial charge in [0.2, 0.25) is 0 Å². The summed E-state index contributed by atoms with van der Waals surface area (Å²) in [5.41, 5.74) is -2.01. The molecule has 0 spiro atoms. The molecule has 9 heteroatoms. The molecule has 112 valence electrons. The van der Waals surface area contributed by atoms with E-state index in [9.17, 15) is 23.1 Å². The van der Waals surface area contributed by atoms with Gasteiger partial charge in [-0.05, 0) is 6.92 Å². The molecular formula is C11H14F3N3O3. The zero-order valence-corrected chi connectivity index (χ0v) is 10.9. The third-order valence-corrected chi connectivity index (χ3v) is 3.21. The van der Waals surface area contributed by atoms with Crippen molar-refractivity contribution in [2.24, 2.45) is 0 Å². The number of amides is 2. The molecule has 2 heterocycles. The molecule has 20 heavy (non-hydrogen) atoms. The number of carbonyl (C=O) groups excluding carboxylic acids is 1. The van der Waals surface area contributed by atoms with E-state index in [4.69, 9.17) is 4.52 Å². The predicted molar refractivity (Wildman–Crippen MR) is 62.2 cm³/mol. The quantitative estimate of drug-likeness (QED) is 0.869. The summed E-state index contributed by atoms with van der Waals surface area (Å²) < 4.78 is 42.3. The molecule has 1 aromatic rings. The first-order chi connectivity index (χ1) is 9.18. The minimum atomic E-state index is -4.74. The van der Waals surface area contributed by atoms with Gasteiger partial charge in [0.1, 0.15) is 11.4 Å². The number of hydrogen-bond acceptors (Lipinski definition) is 4. The maximum atomic E-state index is 12.4. The van der Waals surface area contributed by atoms with Crippen LogP contribution in [0.25, 0.3) is 0 Å². The van der Waals surface area contributed by atoms with E-state index in [1.54, 1.807) is 13.8 Å². The molecule has 0 radical (unpaired) electrons. The van der Waals surface area contributed by atoms with Crippen LogP contribution in [-0.4, -0.2) is 46.1 Å². The molecule has 0 saturated carbocycles. The van der Waals surface area contributed by atoms with E-state index in [-0.39, 0.29) is 0 Å². The number of alkyl halides is 3. The number of rotatable bonds is 2. The molecule has 1 aliphatic heterocycles. The molecule has 0 unspecified atom stereocenters. The first kappa shape index (κ1) is 14.6. The highest BCUT2D eigenvalue weighted by Gasteiger charge is 2.62. The summed E-state index contributed by atoms with van der Waals surface area (Å²) in [6, 6.07) is -0.722. The Hall–Kier alpha value is -1.77. The van der Waals surface area contributed by atoms with E-state index in [0.717, 1.165) is 4.90 Å². The Kier molecular flexibility index (Phi) is 3.41. The van der Waals surface area contributed by atoms with Crippen LogP contribution in [0.15, 0.2) is 4.52 Å². The molecule has 0 atom stereocenters. The van der Waals surface area contributed by atoms with E-state index in [2.05, 4.69) is 10.5 Å². The van der Waals surface area contributed by atoms with Crippen molar-refractivity contribution in [1.82, 2.24) is 10.1 Å². The van der Waals surface area contributed by atoms with Crippen molar-refractivity contribution in [3.05, 3.63) is 11.5 Å². The van der Waals surface area contributed by atoms with E-state index in [1.807, 2.05) is 0 Å². The van der Waals surface area contributed by atoms with E-state index >= 15 is 0 Å². The van der Waals surface area contributed by atoms with Crippen molar-refractivity contribution >= 4 is 11.7 Å². The number of carbonyl (C=O) groups is 1. The average Bonchev–Trinajstić information content (AvgIpc) is 2.65. The number of halogens is 3. The van der Waals surface area contributed by atoms with Crippen LogP contribution in [0, 0.1) is 6.92 Å². The second-order valence-corrected chi connectivity index (χ2v) is 4.74. The fraction of sp³-hybridized carbons (Fsp3) is 0.636. The van der Waals surface area contributed by atoms with E-state index in [1.165, 1.54) is 0 Å². The van der Waals surface area contributed by atoms with Crippen LogP contribution in [0.2, 0.25) is 0 Å². The van der Waals surface area contributed by atoms with Gasteiger partial charge in [-0.15, -0.1) is 0 Å². The van der Waals surface area contributed by atoms with Crippen molar-refractivity contribution in [3.63, 3.8) is 0 Å². The number of hydrogen-bond donors (Lipinski definition) is 2. The van der Waals surface area contributed by atoms with Crippen LogP contribution in [0.5, 0.6) is 0 Å². The third-order valence-electron chi connectivity index (χ3n) is 3.21. The minimum Gasteiger partial charge on any atom is -0.378 e. The summed E-state index contributed by atoms with van der Waals surface area (Å²) in [6.45, 7) is 1.84. The number of likely N-dealkylation sites (tertiary alicyclic amines) is 1. The number of anilines is 1. The standard InChI is InChI=1S/C11H14F3N3O3/c1-3-7-8(6(2)16-20-7)15-9(18)17-4-10(19,5-17)11(12,13)14/h19H,3-5H2,1-2H3,(H,15,18). The monoisotopic (exact) mass is 293 g/mol. The molecule has 2 N–H and O–H groups in total. The highest BCUT2D eigenvalue weighted by Crippen LogP contribution is 2.38. The minimum absolute atomic E-state index is 0.361. The smallest absolute Gasteiger partial charge is 0.378 e. The molecule has 1 fully saturated rings. The van der Waals surface area contributed by atoms with Gasteiger partial charge in [-0.1, -0.05) is 12.1 Å². The average molecular weight is 293 g/mol. The van der Waals surface area contributed by atoms with Crippen molar-refractivity contribution in [2.75, 3.05) is 18.4 Å². The zero-order chi connectivity index (χ0) is 15.1. The molecule has 0 bridgehead atoms. The second-order valence-electron chi connectivity index (χ2n) is 4.74. The Bertz CT molecular complexity index is 521.